The third kappa shape index (κ3) is 1.17. The number of cyclic esters (lactones) is 1. The quantitative estimate of drug-likeness (QED) is 0.297. The predicted octanol–water partition coefficient (Wildman–Crippen LogP) is -0.267. The van der Waals surface area contributed by atoms with E-state index in [2.05, 4.69) is 4.74 Å². The third-order valence-electron chi connectivity index (χ3n) is 1.42. The standard InChI is InChI=1S/C7H9NO3/c1-3(2)6-5(9)4(8)7(10)11-6/h4H,8H2,1-2H3. The van der Waals surface area contributed by atoms with Crippen LogP contribution in [0.3, 0.4) is 0 Å². The SMILES string of the molecule is CC(C)=C1OC(=O)C(N)C1=O. The Kier molecular flexibility index (Phi) is 1.78. The fraction of sp³-hybridized carbons (Fsp3) is 0.429. The van der Waals surface area contributed by atoms with E-state index < -0.39 is 17.8 Å². The van der Waals surface area contributed by atoms with Gasteiger partial charge in [0.2, 0.25) is 5.78 Å². The number of hydrogen-bond acceptors (Lipinski definition) is 4. The summed E-state index contributed by atoms with van der Waals surface area (Å²) in [5, 5.41) is 0. The maximum atomic E-state index is 11.0. The summed E-state index contributed by atoms with van der Waals surface area (Å²) in [7, 11) is 0. The second kappa shape index (κ2) is 2.47. The summed E-state index contributed by atoms with van der Waals surface area (Å²) in [6.45, 7) is 3.39. The molecule has 1 fully saturated rings. The highest BCUT2D eigenvalue weighted by molar-refractivity contribution is 6.16. The van der Waals surface area contributed by atoms with E-state index in [1.54, 1.807) is 13.8 Å². The zero-order chi connectivity index (χ0) is 8.59. The summed E-state index contributed by atoms with van der Waals surface area (Å²) in [4.78, 5) is 21.7. The average molecular weight is 155 g/mol. The molecule has 0 aromatic carbocycles. The highest BCUT2D eigenvalue weighted by atomic mass is 16.6. The van der Waals surface area contributed by atoms with Crippen LogP contribution in [0.2, 0.25) is 0 Å². The fourth-order valence-electron chi connectivity index (χ4n) is 0.811. The first-order valence-corrected chi connectivity index (χ1v) is 3.23. The van der Waals surface area contributed by atoms with Crippen LogP contribution >= 0.6 is 0 Å². The van der Waals surface area contributed by atoms with Gasteiger partial charge in [-0.25, -0.2) is 4.79 Å². The Bertz CT molecular complexity index is 250. The highest BCUT2D eigenvalue weighted by Crippen LogP contribution is 2.16. The van der Waals surface area contributed by atoms with Gasteiger partial charge in [0, 0.05) is 0 Å². The van der Waals surface area contributed by atoms with Gasteiger partial charge in [-0.1, -0.05) is 0 Å². The van der Waals surface area contributed by atoms with Crippen molar-refractivity contribution in [3.8, 4) is 0 Å². The predicted molar refractivity (Wildman–Crippen MR) is 37.4 cm³/mol. The molecule has 11 heavy (non-hydrogen) atoms. The number of carbonyl (C=O) groups is 2. The number of ketones is 1. The van der Waals surface area contributed by atoms with Gasteiger partial charge in [-0.15, -0.1) is 0 Å². The fourth-order valence-corrected chi connectivity index (χ4v) is 0.811. The van der Waals surface area contributed by atoms with E-state index in [0.29, 0.717) is 5.57 Å². The van der Waals surface area contributed by atoms with Gasteiger partial charge in [0.25, 0.3) is 0 Å². The molecule has 2 N–H and O–H groups in total. The molecule has 0 aromatic rings. The zero-order valence-electron chi connectivity index (χ0n) is 6.38. The smallest absolute Gasteiger partial charge is 0.336 e. The molecule has 0 radical (unpaired) electrons. The number of hydrogen-bond donors (Lipinski definition) is 1. The minimum absolute atomic E-state index is 0.0995. The highest BCUT2D eigenvalue weighted by Gasteiger charge is 2.37. The van der Waals surface area contributed by atoms with E-state index >= 15 is 0 Å². The third-order valence-corrected chi connectivity index (χ3v) is 1.42. The van der Waals surface area contributed by atoms with Gasteiger partial charge in [0.05, 0.1) is 0 Å². The number of Topliss-reactive ketones (excluding diaryl/α,β-unsaturated/α-hetero) is 1. The van der Waals surface area contributed by atoms with Crippen LogP contribution in [0, 0.1) is 0 Å². The van der Waals surface area contributed by atoms with Crippen molar-refractivity contribution in [1.82, 2.24) is 0 Å². The Balaban J connectivity index is 3.02. The van der Waals surface area contributed by atoms with Crippen molar-refractivity contribution in [3.63, 3.8) is 0 Å². The molecule has 1 atom stereocenters. The van der Waals surface area contributed by atoms with E-state index in [1.807, 2.05) is 0 Å². The number of allylic oxidation sites excluding steroid dienone is 1. The molecule has 1 unspecified atom stereocenters. The van der Waals surface area contributed by atoms with Gasteiger partial charge >= 0.3 is 5.97 Å². The lowest BCUT2D eigenvalue weighted by Crippen LogP contribution is -2.31. The molecular formula is C7H9NO3. The average Bonchev–Trinajstić information content (AvgIpc) is 2.17. The Morgan fingerprint density at radius 2 is 2.00 bits per heavy atom. The van der Waals surface area contributed by atoms with Crippen molar-refractivity contribution in [2.45, 2.75) is 19.9 Å². The molecule has 4 heteroatoms. The monoisotopic (exact) mass is 155 g/mol. The summed E-state index contributed by atoms with van der Waals surface area (Å²) in [6.07, 6.45) is 0. The summed E-state index contributed by atoms with van der Waals surface area (Å²) in [6, 6.07) is -1.11. The minimum atomic E-state index is -1.11. The molecule has 1 saturated heterocycles. The summed E-state index contributed by atoms with van der Waals surface area (Å²) in [5.74, 6) is -0.983. The summed E-state index contributed by atoms with van der Waals surface area (Å²) in [5.41, 5.74) is 5.87. The van der Waals surface area contributed by atoms with Gasteiger partial charge < -0.3 is 10.5 Å². The molecule has 0 amide bonds. The molecule has 0 spiro atoms. The van der Waals surface area contributed by atoms with Crippen LogP contribution in [0.25, 0.3) is 0 Å². The topological polar surface area (TPSA) is 69.4 Å². The first kappa shape index (κ1) is 7.94. The van der Waals surface area contributed by atoms with Crippen molar-refractivity contribution in [2.75, 3.05) is 0 Å². The Morgan fingerprint density at radius 1 is 1.45 bits per heavy atom. The van der Waals surface area contributed by atoms with Crippen molar-refractivity contribution in [1.29, 1.82) is 0 Å². The van der Waals surface area contributed by atoms with Crippen molar-refractivity contribution in [3.05, 3.63) is 11.3 Å². The molecule has 1 heterocycles. The second-order valence-electron chi connectivity index (χ2n) is 2.59. The lowest BCUT2D eigenvalue weighted by molar-refractivity contribution is -0.136. The second-order valence-corrected chi connectivity index (χ2v) is 2.59. The molecule has 1 rings (SSSR count). The van der Waals surface area contributed by atoms with Gasteiger partial charge in [-0.05, 0) is 19.4 Å². The van der Waals surface area contributed by atoms with Crippen LogP contribution in [0.15, 0.2) is 11.3 Å². The molecule has 0 aromatic heterocycles. The minimum Gasteiger partial charge on any atom is -0.421 e. The Labute approximate surface area is 64.0 Å². The number of carbonyl (C=O) groups excluding carboxylic acids is 2. The Hall–Kier alpha value is -1.16. The zero-order valence-corrected chi connectivity index (χ0v) is 6.38. The van der Waals surface area contributed by atoms with Gasteiger partial charge in [-0.3, -0.25) is 4.79 Å². The first-order chi connectivity index (χ1) is 5.04. The Morgan fingerprint density at radius 3 is 2.18 bits per heavy atom. The van der Waals surface area contributed by atoms with Gasteiger partial charge in [0.1, 0.15) is 0 Å². The van der Waals surface area contributed by atoms with Crippen LogP contribution in [0.4, 0.5) is 0 Å². The van der Waals surface area contributed by atoms with Crippen molar-refractivity contribution in [2.24, 2.45) is 5.73 Å². The largest absolute Gasteiger partial charge is 0.421 e. The van der Waals surface area contributed by atoms with E-state index in [1.165, 1.54) is 0 Å². The van der Waals surface area contributed by atoms with Crippen LogP contribution in [-0.4, -0.2) is 17.8 Å². The molecule has 0 aliphatic carbocycles. The maximum Gasteiger partial charge on any atom is 0.336 e. The molecular weight excluding hydrogens is 146 g/mol. The normalized spacial score (nSPS) is 23.9. The first-order valence-electron chi connectivity index (χ1n) is 3.23. The summed E-state index contributed by atoms with van der Waals surface area (Å²) < 4.78 is 4.61. The van der Waals surface area contributed by atoms with Crippen LogP contribution < -0.4 is 5.73 Å². The molecule has 0 bridgehead atoms. The molecule has 0 saturated carbocycles. The van der Waals surface area contributed by atoms with Crippen LogP contribution in [0.1, 0.15) is 13.8 Å². The van der Waals surface area contributed by atoms with E-state index in [9.17, 15) is 9.59 Å². The molecule has 60 valence electrons. The number of ether oxygens (including phenoxy) is 1. The lowest BCUT2D eigenvalue weighted by Gasteiger charge is -1.94. The number of esters is 1. The summed E-state index contributed by atoms with van der Waals surface area (Å²) >= 11 is 0. The van der Waals surface area contributed by atoms with E-state index in [-0.39, 0.29) is 5.76 Å². The molecule has 1 aliphatic heterocycles. The maximum absolute atomic E-state index is 11.0. The van der Waals surface area contributed by atoms with Crippen molar-refractivity contribution >= 4 is 11.8 Å². The van der Waals surface area contributed by atoms with Crippen LogP contribution in [0.5, 0.6) is 0 Å². The van der Waals surface area contributed by atoms with Gasteiger partial charge in [-0.2, -0.15) is 0 Å². The van der Waals surface area contributed by atoms with E-state index in [0.717, 1.165) is 0 Å². The van der Waals surface area contributed by atoms with Crippen LogP contribution in [-0.2, 0) is 14.3 Å². The van der Waals surface area contributed by atoms with Gasteiger partial charge in [0.15, 0.2) is 11.8 Å². The van der Waals surface area contributed by atoms with Crippen molar-refractivity contribution < 1.29 is 14.3 Å². The number of nitrogens with two attached hydrogens (primary N) is 1. The lowest BCUT2D eigenvalue weighted by atomic mass is 10.1. The van der Waals surface area contributed by atoms with E-state index in [4.69, 9.17) is 5.73 Å². The molecule has 1 aliphatic rings. The number of rotatable bonds is 0. The molecule has 4 nitrogen and oxygen atoms in total.